The van der Waals surface area contributed by atoms with Crippen LogP contribution in [0.3, 0.4) is 0 Å². The van der Waals surface area contributed by atoms with Gasteiger partial charge in [-0.05, 0) is 31.5 Å². The fourth-order valence-corrected chi connectivity index (χ4v) is 2.20. The normalized spacial score (nSPS) is 10.8. The van der Waals surface area contributed by atoms with E-state index in [1.165, 1.54) is 16.7 Å². The van der Waals surface area contributed by atoms with E-state index in [0.717, 1.165) is 5.56 Å². The summed E-state index contributed by atoms with van der Waals surface area (Å²) < 4.78 is 11.7. The van der Waals surface area contributed by atoms with E-state index < -0.39 is 5.97 Å². The van der Waals surface area contributed by atoms with Gasteiger partial charge in [-0.1, -0.05) is 6.07 Å². The zero-order valence-electron chi connectivity index (χ0n) is 12.2. The van der Waals surface area contributed by atoms with Gasteiger partial charge in [-0.15, -0.1) is 0 Å². The molecule has 0 saturated heterocycles. The third-order valence-corrected chi connectivity index (χ3v) is 3.37. The maximum atomic E-state index is 12.0. The molecule has 0 amide bonds. The van der Waals surface area contributed by atoms with Gasteiger partial charge in [0, 0.05) is 12.3 Å². The molecule has 0 aliphatic rings. The van der Waals surface area contributed by atoms with Gasteiger partial charge in [0.15, 0.2) is 0 Å². The first-order valence-corrected chi connectivity index (χ1v) is 6.75. The number of pyridine rings is 1. The lowest BCUT2D eigenvalue weighted by atomic mass is 10.2. The minimum atomic E-state index is -0.502. The number of hydrogen-bond donors (Lipinski definition) is 0. The third-order valence-electron chi connectivity index (χ3n) is 3.37. The molecule has 0 fully saturated rings. The summed E-state index contributed by atoms with van der Waals surface area (Å²) in [6, 6.07) is 6.56. The van der Waals surface area contributed by atoms with Crippen molar-refractivity contribution in [2.24, 2.45) is 0 Å². The highest BCUT2D eigenvalue weighted by Crippen LogP contribution is 2.12. The smallest absolute Gasteiger partial charge is 0.342 e. The third kappa shape index (κ3) is 2.50. The fourth-order valence-electron chi connectivity index (χ4n) is 2.20. The fraction of sp³-hybridized carbons (Fsp3) is 0.188. The first-order valence-electron chi connectivity index (χ1n) is 6.75. The molecule has 3 rings (SSSR count). The van der Waals surface area contributed by atoms with Gasteiger partial charge < -0.3 is 9.15 Å². The Hall–Kier alpha value is -2.89. The quantitative estimate of drug-likeness (QED) is 0.693. The van der Waals surface area contributed by atoms with E-state index in [0.29, 0.717) is 22.7 Å². The Labute approximate surface area is 126 Å². The van der Waals surface area contributed by atoms with Crippen LogP contribution in [0.4, 0.5) is 0 Å². The van der Waals surface area contributed by atoms with E-state index in [1.54, 1.807) is 25.3 Å². The van der Waals surface area contributed by atoms with Crippen LogP contribution in [-0.2, 0) is 11.3 Å². The van der Waals surface area contributed by atoms with Crippen LogP contribution in [0, 0.1) is 13.8 Å². The zero-order valence-corrected chi connectivity index (χ0v) is 12.2. The highest BCUT2D eigenvalue weighted by Gasteiger charge is 2.14. The number of esters is 1. The van der Waals surface area contributed by atoms with Crippen molar-refractivity contribution in [1.29, 1.82) is 0 Å². The summed E-state index contributed by atoms with van der Waals surface area (Å²) in [5, 5.41) is 0. The van der Waals surface area contributed by atoms with E-state index >= 15 is 0 Å². The van der Waals surface area contributed by atoms with Gasteiger partial charge in [0.1, 0.15) is 23.6 Å². The first-order chi connectivity index (χ1) is 10.6. The van der Waals surface area contributed by atoms with Crippen molar-refractivity contribution in [1.82, 2.24) is 9.38 Å². The molecule has 3 heterocycles. The molecule has 0 N–H and O–H groups in total. The zero-order chi connectivity index (χ0) is 15.7. The van der Waals surface area contributed by atoms with E-state index in [1.807, 2.05) is 13.0 Å². The van der Waals surface area contributed by atoms with Crippen LogP contribution in [-0.4, -0.2) is 15.4 Å². The largest absolute Gasteiger partial charge is 0.469 e. The number of furan rings is 1. The number of aryl methyl sites for hydroxylation is 2. The van der Waals surface area contributed by atoms with Crippen molar-refractivity contribution >= 4 is 11.6 Å². The maximum Gasteiger partial charge on any atom is 0.342 e. The summed E-state index contributed by atoms with van der Waals surface area (Å²) in [6.45, 7) is 3.48. The summed E-state index contributed by atoms with van der Waals surface area (Å²) in [5.74, 6) is -0.00887. The minimum Gasteiger partial charge on any atom is -0.469 e. The van der Waals surface area contributed by atoms with Crippen LogP contribution in [0.5, 0.6) is 0 Å². The standard InChI is InChI=1S/C16H14N2O4/c1-10-4-3-6-18-14(19)8-12(17-15(10)18)9-22-16(20)13-5-7-21-11(13)2/h3-8H,9H2,1-2H3. The molecule has 0 bridgehead atoms. The van der Waals surface area contributed by atoms with E-state index in [9.17, 15) is 9.59 Å². The van der Waals surface area contributed by atoms with Crippen molar-refractivity contribution < 1.29 is 13.9 Å². The Kier molecular flexibility index (Phi) is 3.50. The van der Waals surface area contributed by atoms with Crippen LogP contribution < -0.4 is 5.56 Å². The van der Waals surface area contributed by atoms with Gasteiger partial charge in [0.2, 0.25) is 0 Å². The summed E-state index contributed by atoms with van der Waals surface area (Å²) in [6.07, 6.45) is 3.08. The molecule has 0 spiro atoms. The Morgan fingerprint density at radius 2 is 2.18 bits per heavy atom. The molecule has 3 aromatic heterocycles. The molecule has 0 aliphatic heterocycles. The monoisotopic (exact) mass is 298 g/mol. The second-order valence-electron chi connectivity index (χ2n) is 4.94. The van der Waals surface area contributed by atoms with Crippen LogP contribution in [0.1, 0.15) is 27.4 Å². The number of rotatable bonds is 3. The van der Waals surface area contributed by atoms with Gasteiger partial charge in [-0.3, -0.25) is 9.20 Å². The lowest BCUT2D eigenvalue weighted by molar-refractivity contribution is 0.0465. The molecule has 6 heteroatoms. The topological polar surface area (TPSA) is 73.8 Å². The van der Waals surface area contributed by atoms with Crippen molar-refractivity contribution in [3.05, 3.63) is 69.7 Å². The molecule has 0 unspecified atom stereocenters. The Morgan fingerprint density at radius 3 is 2.91 bits per heavy atom. The van der Waals surface area contributed by atoms with Gasteiger partial charge in [-0.25, -0.2) is 9.78 Å². The molecule has 0 aliphatic carbocycles. The second kappa shape index (κ2) is 5.48. The number of hydrogen-bond acceptors (Lipinski definition) is 5. The first kappa shape index (κ1) is 14.1. The summed E-state index contributed by atoms with van der Waals surface area (Å²) >= 11 is 0. The van der Waals surface area contributed by atoms with Crippen LogP contribution >= 0.6 is 0 Å². The molecule has 0 radical (unpaired) electrons. The highest BCUT2D eigenvalue weighted by atomic mass is 16.5. The van der Waals surface area contributed by atoms with Crippen LogP contribution in [0.15, 0.2) is 45.9 Å². The van der Waals surface area contributed by atoms with Crippen LogP contribution in [0.2, 0.25) is 0 Å². The summed E-state index contributed by atoms with van der Waals surface area (Å²) in [5.41, 5.74) is 2.00. The molecule has 0 saturated carbocycles. The van der Waals surface area contributed by atoms with E-state index in [-0.39, 0.29) is 12.2 Å². The molecular formula is C16H14N2O4. The average Bonchev–Trinajstić information content (AvgIpc) is 2.92. The minimum absolute atomic E-state index is 0.0659. The van der Waals surface area contributed by atoms with Gasteiger partial charge in [0.05, 0.1) is 12.0 Å². The van der Waals surface area contributed by atoms with Gasteiger partial charge in [0.25, 0.3) is 5.56 Å². The Morgan fingerprint density at radius 1 is 1.36 bits per heavy atom. The molecule has 0 aromatic carbocycles. The molecule has 0 atom stereocenters. The second-order valence-corrected chi connectivity index (χ2v) is 4.94. The number of carbonyl (C=O) groups excluding carboxylic acids is 1. The van der Waals surface area contributed by atoms with Gasteiger partial charge in [-0.2, -0.15) is 0 Å². The highest BCUT2D eigenvalue weighted by molar-refractivity contribution is 5.90. The Balaban J connectivity index is 1.86. The maximum absolute atomic E-state index is 12.0. The average molecular weight is 298 g/mol. The summed E-state index contributed by atoms with van der Waals surface area (Å²) in [4.78, 5) is 28.3. The predicted molar refractivity (Wildman–Crippen MR) is 78.8 cm³/mol. The number of ether oxygens (including phenoxy) is 1. The molecule has 3 aromatic rings. The molecule has 6 nitrogen and oxygen atoms in total. The summed E-state index contributed by atoms with van der Waals surface area (Å²) in [7, 11) is 0. The van der Waals surface area contributed by atoms with Crippen molar-refractivity contribution in [2.75, 3.05) is 0 Å². The predicted octanol–water partition coefficient (Wildman–Crippen LogP) is 2.26. The van der Waals surface area contributed by atoms with E-state index in [2.05, 4.69) is 4.98 Å². The molecular weight excluding hydrogens is 284 g/mol. The lowest BCUT2D eigenvalue weighted by Gasteiger charge is -2.07. The lowest BCUT2D eigenvalue weighted by Crippen LogP contribution is -2.17. The van der Waals surface area contributed by atoms with Crippen LogP contribution in [0.25, 0.3) is 5.65 Å². The Bertz CT molecular complexity index is 908. The SMILES string of the molecule is Cc1occc1C(=O)OCc1cc(=O)n2cccc(C)c2n1. The van der Waals surface area contributed by atoms with Crippen molar-refractivity contribution in [3.8, 4) is 0 Å². The molecule has 112 valence electrons. The number of fused-ring (bicyclic) bond motifs is 1. The van der Waals surface area contributed by atoms with E-state index in [4.69, 9.17) is 9.15 Å². The number of aromatic nitrogens is 2. The van der Waals surface area contributed by atoms with Crippen molar-refractivity contribution in [3.63, 3.8) is 0 Å². The van der Waals surface area contributed by atoms with Gasteiger partial charge >= 0.3 is 5.97 Å². The number of carbonyl (C=O) groups is 1. The molecule has 22 heavy (non-hydrogen) atoms. The number of nitrogens with zero attached hydrogens (tertiary/aromatic N) is 2. The van der Waals surface area contributed by atoms with Crippen molar-refractivity contribution in [2.45, 2.75) is 20.5 Å².